The number of hydrogen-bond acceptors (Lipinski definition) is 2. The smallest absolute Gasteiger partial charge is 0.0905 e. The van der Waals surface area contributed by atoms with Gasteiger partial charge >= 0.3 is 0 Å². The molecule has 0 aliphatic heterocycles. The highest BCUT2D eigenvalue weighted by molar-refractivity contribution is 5.76. The predicted molar refractivity (Wildman–Crippen MR) is 60.5 cm³/mol. The van der Waals surface area contributed by atoms with Crippen molar-refractivity contribution in [3.8, 4) is 0 Å². The van der Waals surface area contributed by atoms with Gasteiger partial charge in [-0.2, -0.15) is 0 Å². The lowest BCUT2D eigenvalue weighted by Gasteiger charge is -2.36. The van der Waals surface area contributed by atoms with E-state index in [9.17, 15) is 0 Å². The maximum atomic E-state index is 7.14. The van der Waals surface area contributed by atoms with Gasteiger partial charge in [-0.3, -0.25) is 5.41 Å². The zero-order valence-corrected chi connectivity index (χ0v) is 9.34. The van der Waals surface area contributed by atoms with E-state index < -0.39 is 0 Å². The number of nitrogens with one attached hydrogen (secondary N) is 2. The molecule has 0 unspecified atom stereocenters. The molecule has 82 valence electrons. The van der Waals surface area contributed by atoms with Crippen LogP contribution in [0.4, 0.5) is 0 Å². The molecule has 4 N–H and O–H groups in total. The molecule has 0 spiro atoms. The van der Waals surface area contributed by atoms with Crippen molar-refractivity contribution in [2.24, 2.45) is 17.6 Å². The monoisotopic (exact) mass is 197 g/mol. The van der Waals surface area contributed by atoms with Crippen LogP contribution < -0.4 is 11.1 Å². The van der Waals surface area contributed by atoms with E-state index >= 15 is 0 Å². The van der Waals surface area contributed by atoms with Gasteiger partial charge in [0.2, 0.25) is 0 Å². The minimum atomic E-state index is 0.337. The van der Waals surface area contributed by atoms with Crippen molar-refractivity contribution in [2.45, 2.75) is 45.6 Å². The van der Waals surface area contributed by atoms with Gasteiger partial charge in [0.15, 0.2) is 0 Å². The summed E-state index contributed by atoms with van der Waals surface area (Å²) < 4.78 is 0. The molecule has 0 saturated heterocycles. The van der Waals surface area contributed by atoms with Gasteiger partial charge in [0.1, 0.15) is 0 Å². The fourth-order valence-electron chi connectivity index (χ4n) is 1.90. The van der Waals surface area contributed by atoms with Gasteiger partial charge in [0.05, 0.1) is 5.84 Å². The van der Waals surface area contributed by atoms with Crippen molar-refractivity contribution in [2.75, 3.05) is 6.54 Å². The summed E-state index contributed by atoms with van der Waals surface area (Å²) in [5.74, 6) is 1.89. The van der Waals surface area contributed by atoms with E-state index in [0.717, 1.165) is 37.3 Å². The first-order chi connectivity index (χ1) is 6.58. The molecule has 14 heavy (non-hydrogen) atoms. The number of hydrogen-bond donors (Lipinski definition) is 3. The zero-order chi connectivity index (χ0) is 10.6. The highest BCUT2D eigenvalue weighted by Crippen LogP contribution is 2.31. The van der Waals surface area contributed by atoms with Crippen LogP contribution in [0.15, 0.2) is 0 Å². The van der Waals surface area contributed by atoms with Gasteiger partial charge in [0, 0.05) is 12.5 Å². The van der Waals surface area contributed by atoms with Crippen molar-refractivity contribution in [3.63, 3.8) is 0 Å². The van der Waals surface area contributed by atoms with Crippen molar-refractivity contribution >= 4 is 5.84 Å². The first-order valence-corrected chi connectivity index (χ1v) is 5.64. The van der Waals surface area contributed by atoms with Crippen LogP contribution in [0.5, 0.6) is 0 Å². The summed E-state index contributed by atoms with van der Waals surface area (Å²) in [7, 11) is 0. The molecule has 0 aromatic rings. The Morgan fingerprint density at radius 1 is 1.50 bits per heavy atom. The molecule has 0 aromatic heterocycles. The van der Waals surface area contributed by atoms with Crippen LogP contribution in [0.3, 0.4) is 0 Å². The molecule has 3 heteroatoms. The van der Waals surface area contributed by atoms with Crippen LogP contribution in [-0.4, -0.2) is 18.4 Å². The third-order valence-electron chi connectivity index (χ3n) is 2.87. The normalized spacial score (nSPS) is 26.2. The molecule has 1 fully saturated rings. The maximum absolute atomic E-state index is 7.14. The van der Waals surface area contributed by atoms with E-state index in [-0.39, 0.29) is 0 Å². The molecular weight excluding hydrogens is 174 g/mol. The number of amidine groups is 1. The number of nitrogens with two attached hydrogens (primary N) is 1. The lowest BCUT2D eigenvalue weighted by molar-refractivity contribution is 0.208. The van der Waals surface area contributed by atoms with Gasteiger partial charge in [0.25, 0.3) is 0 Å². The molecule has 0 atom stereocenters. The Labute approximate surface area is 87.0 Å². The standard InChI is InChI=1S/C11H23N3/c1-8(2)7-14-10-5-9(6-10)3-4-11(12)13/h8-10,14H,3-7H2,1-2H3,(H3,12,13). The van der Waals surface area contributed by atoms with Crippen LogP contribution in [-0.2, 0) is 0 Å². The van der Waals surface area contributed by atoms with Gasteiger partial charge < -0.3 is 11.1 Å². The second-order valence-corrected chi connectivity index (χ2v) is 4.90. The van der Waals surface area contributed by atoms with E-state index in [1.54, 1.807) is 0 Å². The Balaban J connectivity index is 1.97. The SMILES string of the molecule is CC(C)CNC1CC(CCC(=N)N)C1. The lowest BCUT2D eigenvalue weighted by atomic mass is 9.77. The van der Waals surface area contributed by atoms with Gasteiger partial charge in [-0.15, -0.1) is 0 Å². The largest absolute Gasteiger partial charge is 0.388 e. The minimum Gasteiger partial charge on any atom is -0.388 e. The second kappa shape index (κ2) is 5.35. The first-order valence-electron chi connectivity index (χ1n) is 5.64. The Bertz CT molecular complexity index is 183. The predicted octanol–water partition coefficient (Wildman–Crippen LogP) is 1.73. The highest BCUT2D eigenvalue weighted by Gasteiger charge is 2.28. The van der Waals surface area contributed by atoms with Crippen molar-refractivity contribution in [1.29, 1.82) is 5.41 Å². The minimum absolute atomic E-state index is 0.337. The Morgan fingerprint density at radius 2 is 2.14 bits per heavy atom. The molecular formula is C11H23N3. The van der Waals surface area contributed by atoms with E-state index in [4.69, 9.17) is 11.1 Å². The summed E-state index contributed by atoms with van der Waals surface area (Å²) in [5.41, 5.74) is 5.32. The van der Waals surface area contributed by atoms with Crippen molar-refractivity contribution in [1.82, 2.24) is 5.32 Å². The molecule has 1 saturated carbocycles. The molecule has 0 bridgehead atoms. The summed E-state index contributed by atoms with van der Waals surface area (Å²) in [6.45, 7) is 5.60. The molecule has 3 nitrogen and oxygen atoms in total. The van der Waals surface area contributed by atoms with Crippen LogP contribution in [0.1, 0.15) is 39.5 Å². The third kappa shape index (κ3) is 4.09. The average molecular weight is 197 g/mol. The quantitative estimate of drug-likeness (QED) is 0.448. The molecule has 1 aliphatic carbocycles. The van der Waals surface area contributed by atoms with E-state index in [0.29, 0.717) is 5.84 Å². The van der Waals surface area contributed by atoms with E-state index in [1.807, 2.05) is 0 Å². The Hall–Kier alpha value is -0.570. The summed E-state index contributed by atoms with van der Waals surface area (Å²) >= 11 is 0. The van der Waals surface area contributed by atoms with Crippen molar-refractivity contribution in [3.05, 3.63) is 0 Å². The van der Waals surface area contributed by atoms with Gasteiger partial charge in [-0.1, -0.05) is 13.8 Å². The molecule has 0 amide bonds. The van der Waals surface area contributed by atoms with Crippen molar-refractivity contribution < 1.29 is 0 Å². The summed E-state index contributed by atoms with van der Waals surface area (Å²) in [6.07, 6.45) is 4.44. The Kier molecular flexibility index (Phi) is 4.39. The molecule has 0 radical (unpaired) electrons. The summed E-state index contributed by atoms with van der Waals surface area (Å²) in [6, 6.07) is 0.731. The third-order valence-corrected chi connectivity index (χ3v) is 2.87. The topological polar surface area (TPSA) is 61.9 Å². The Morgan fingerprint density at radius 3 is 2.64 bits per heavy atom. The van der Waals surface area contributed by atoms with Crippen LogP contribution in [0, 0.1) is 17.2 Å². The molecule has 0 heterocycles. The first kappa shape index (κ1) is 11.5. The summed E-state index contributed by atoms with van der Waals surface area (Å²) in [4.78, 5) is 0. The number of rotatable bonds is 6. The van der Waals surface area contributed by atoms with Gasteiger partial charge in [-0.05, 0) is 37.6 Å². The van der Waals surface area contributed by atoms with E-state index in [2.05, 4.69) is 19.2 Å². The van der Waals surface area contributed by atoms with Crippen LogP contribution in [0.25, 0.3) is 0 Å². The fourth-order valence-corrected chi connectivity index (χ4v) is 1.90. The maximum Gasteiger partial charge on any atom is 0.0905 e. The fraction of sp³-hybridized carbons (Fsp3) is 0.909. The van der Waals surface area contributed by atoms with Crippen LogP contribution >= 0.6 is 0 Å². The summed E-state index contributed by atoms with van der Waals surface area (Å²) in [5, 5.41) is 10.7. The molecule has 1 rings (SSSR count). The van der Waals surface area contributed by atoms with Crippen LogP contribution in [0.2, 0.25) is 0 Å². The van der Waals surface area contributed by atoms with E-state index in [1.165, 1.54) is 12.8 Å². The average Bonchev–Trinajstić information content (AvgIpc) is 1.99. The van der Waals surface area contributed by atoms with Gasteiger partial charge in [-0.25, -0.2) is 0 Å². The second-order valence-electron chi connectivity index (χ2n) is 4.90. The highest BCUT2D eigenvalue weighted by atomic mass is 14.9. The zero-order valence-electron chi connectivity index (χ0n) is 9.34. The lowest BCUT2D eigenvalue weighted by Crippen LogP contribution is -2.42. The molecule has 0 aromatic carbocycles. The molecule has 1 aliphatic rings.